The van der Waals surface area contributed by atoms with E-state index >= 15 is 0 Å². The van der Waals surface area contributed by atoms with Crippen LogP contribution in [0.5, 0.6) is 0 Å². The summed E-state index contributed by atoms with van der Waals surface area (Å²) in [4.78, 5) is 15.1. The molecule has 0 saturated carbocycles. The monoisotopic (exact) mass is 377 g/mol. The first-order chi connectivity index (χ1) is 12.0. The molecule has 3 rings (SSSR count). The van der Waals surface area contributed by atoms with Crippen LogP contribution in [0.25, 0.3) is 10.1 Å². The molecule has 0 fully saturated rings. The fraction of sp³-hybridized carbons (Fsp3) is 0.211. The fourth-order valence-electron chi connectivity index (χ4n) is 2.73. The van der Waals surface area contributed by atoms with E-state index in [-0.39, 0.29) is 18.3 Å². The maximum Gasteiger partial charge on any atom is 0.264 e. The van der Waals surface area contributed by atoms with E-state index in [4.69, 9.17) is 16.3 Å². The van der Waals surface area contributed by atoms with E-state index in [1.165, 1.54) is 24.5 Å². The van der Waals surface area contributed by atoms with Gasteiger partial charge in [-0.3, -0.25) is 4.79 Å². The highest BCUT2D eigenvalue weighted by Gasteiger charge is 2.23. The van der Waals surface area contributed by atoms with Crippen LogP contribution in [0.2, 0.25) is 5.02 Å². The number of rotatable bonds is 5. The number of ether oxygens (including phenoxy) is 1. The number of benzene rings is 2. The van der Waals surface area contributed by atoms with Crippen molar-refractivity contribution in [3.63, 3.8) is 0 Å². The second kappa shape index (κ2) is 7.52. The molecule has 0 spiro atoms. The number of nitrogens with zero attached hydrogens (tertiary/aromatic N) is 1. The third-order valence-electron chi connectivity index (χ3n) is 3.93. The van der Waals surface area contributed by atoms with Crippen molar-refractivity contribution < 1.29 is 13.9 Å². The Balaban J connectivity index is 1.94. The summed E-state index contributed by atoms with van der Waals surface area (Å²) in [6, 6.07) is 12.2. The van der Waals surface area contributed by atoms with E-state index in [0.29, 0.717) is 27.4 Å². The largest absolute Gasteiger partial charge is 0.380 e. The number of halogens is 2. The zero-order valence-corrected chi connectivity index (χ0v) is 15.5. The Hall–Kier alpha value is -1.95. The molecule has 0 N–H and O–H groups in total. The van der Waals surface area contributed by atoms with Crippen LogP contribution in [0.1, 0.15) is 20.8 Å². The van der Waals surface area contributed by atoms with Crippen molar-refractivity contribution in [2.75, 3.05) is 14.2 Å². The molecule has 3 nitrogen and oxygen atoms in total. The maximum atomic E-state index is 14.2. The van der Waals surface area contributed by atoms with Gasteiger partial charge in [0.25, 0.3) is 5.91 Å². The van der Waals surface area contributed by atoms with Gasteiger partial charge in [-0.05, 0) is 29.8 Å². The number of hydrogen-bond acceptors (Lipinski definition) is 3. The van der Waals surface area contributed by atoms with Crippen molar-refractivity contribution in [3.05, 3.63) is 69.3 Å². The Labute approximate surface area is 154 Å². The minimum Gasteiger partial charge on any atom is -0.380 e. The summed E-state index contributed by atoms with van der Waals surface area (Å²) in [5.74, 6) is -0.484. The molecule has 0 bridgehead atoms. The van der Waals surface area contributed by atoms with Gasteiger partial charge < -0.3 is 9.64 Å². The molecule has 0 unspecified atom stereocenters. The zero-order valence-electron chi connectivity index (χ0n) is 13.9. The van der Waals surface area contributed by atoms with Gasteiger partial charge in [0.1, 0.15) is 5.82 Å². The van der Waals surface area contributed by atoms with Gasteiger partial charge in [-0.1, -0.05) is 29.8 Å². The molecule has 0 aliphatic heterocycles. The molecule has 130 valence electrons. The van der Waals surface area contributed by atoms with E-state index in [2.05, 4.69) is 0 Å². The van der Waals surface area contributed by atoms with Crippen LogP contribution in [0.4, 0.5) is 4.39 Å². The first kappa shape index (κ1) is 17.9. The molecule has 0 aliphatic rings. The molecule has 2 aromatic carbocycles. The van der Waals surface area contributed by atoms with Crippen molar-refractivity contribution in [2.45, 2.75) is 13.2 Å². The molecule has 1 amide bonds. The molecule has 0 aliphatic carbocycles. The van der Waals surface area contributed by atoms with Gasteiger partial charge in [0.05, 0.1) is 11.5 Å². The Kier molecular flexibility index (Phi) is 5.37. The van der Waals surface area contributed by atoms with E-state index in [1.54, 1.807) is 30.1 Å². The molecule has 0 atom stereocenters. The normalized spacial score (nSPS) is 11.0. The number of carbonyl (C=O) groups is 1. The second-order valence-electron chi connectivity index (χ2n) is 5.74. The standard InChI is InChI=1S/C19H17ClFNO2S/c1-22(10-12-6-8-13(20)9-7-12)19(23)18-14(11-24-2)17-15(21)4-3-5-16(17)25-18/h3-9H,10-11H2,1-2H3. The van der Waals surface area contributed by atoms with Crippen LogP contribution in [-0.4, -0.2) is 25.0 Å². The Morgan fingerprint density at radius 2 is 1.96 bits per heavy atom. The maximum absolute atomic E-state index is 14.2. The van der Waals surface area contributed by atoms with Crippen LogP contribution in [0.15, 0.2) is 42.5 Å². The first-order valence-electron chi connectivity index (χ1n) is 7.70. The van der Waals surface area contributed by atoms with Crippen LogP contribution in [0, 0.1) is 5.82 Å². The molecule has 0 saturated heterocycles. The average Bonchev–Trinajstić information content (AvgIpc) is 2.96. The summed E-state index contributed by atoms with van der Waals surface area (Å²) in [7, 11) is 3.27. The number of amides is 1. The Bertz CT molecular complexity index is 908. The number of fused-ring (bicyclic) bond motifs is 1. The fourth-order valence-corrected chi connectivity index (χ4v) is 4.07. The van der Waals surface area contributed by atoms with Gasteiger partial charge in [0.15, 0.2) is 0 Å². The minimum atomic E-state index is -0.333. The molecule has 1 aromatic heterocycles. The summed E-state index contributed by atoms with van der Waals surface area (Å²) >= 11 is 7.19. The lowest BCUT2D eigenvalue weighted by Crippen LogP contribution is -2.26. The molecule has 3 aromatic rings. The lowest BCUT2D eigenvalue weighted by Gasteiger charge is -2.17. The predicted molar refractivity (Wildman–Crippen MR) is 99.7 cm³/mol. The van der Waals surface area contributed by atoms with Crippen molar-refractivity contribution in [3.8, 4) is 0 Å². The van der Waals surface area contributed by atoms with E-state index < -0.39 is 0 Å². The lowest BCUT2D eigenvalue weighted by molar-refractivity contribution is 0.0785. The summed E-state index contributed by atoms with van der Waals surface area (Å²) in [6.07, 6.45) is 0. The molecular formula is C19H17ClFNO2S. The molecular weight excluding hydrogens is 361 g/mol. The van der Waals surface area contributed by atoms with Crippen LogP contribution in [0.3, 0.4) is 0 Å². The van der Waals surface area contributed by atoms with E-state index in [1.807, 2.05) is 18.2 Å². The lowest BCUT2D eigenvalue weighted by atomic mass is 10.1. The summed E-state index contributed by atoms with van der Waals surface area (Å²) in [5.41, 5.74) is 1.58. The Morgan fingerprint density at radius 3 is 2.64 bits per heavy atom. The van der Waals surface area contributed by atoms with Gasteiger partial charge in [-0.25, -0.2) is 4.39 Å². The van der Waals surface area contributed by atoms with Crippen molar-refractivity contribution >= 4 is 38.9 Å². The van der Waals surface area contributed by atoms with E-state index in [0.717, 1.165) is 10.3 Å². The van der Waals surface area contributed by atoms with E-state index in [9.17, 15) is 9.18 Å². The predicted octanol–water partition coefficient (Wildman–Crippen LogP) is 5.11. The second-order valence-corrected chi connectivity index (χ2v) is 7.23. The average molecular weight is 378 g/mol. The quantitative estimate of drug-likeness (QED) is 0.618. The molecule has 0 radical (unpaired) electrons. The van der Waals surface area contributed by atoms with Crippen molar-refractivity contribution in [1.82, 2.24) is 4.90 Å². The Morgan fingerprint density at radius 1 is 1.24 bits per heavy atom. The van der Waals surface area contributed by atoms with Gasteiger partial charge >= 0.3 is 0 Å². The van der Waals surface area contributed by atoms with Gasteiger partial charge in [0.2, 0.25) is 0 Å². The molecule has 25 heavy (non-hydrogen) atoms. The number of hydrogen-bond donors (Lipinski definition) is 0. The highest BCUT2D eigenvalue weighted by molar-refractivity contribution is 7.21. The highest BCUT2D eigenvalue weighted by atomic mass is 35.5. The number of methoxy groups -OCH3 is 1. The zero-order chi connectivity index (χ0) is 18.0. The van der Waals surface area contributed by atoms with Crippen molar-refractivity contribution in [2.24, 2.45) is 0 Å². The van der Waals surface area contributed by atoms with Crippen LogP contribution < -0.4 is 0 Å². The third-order valence-corrected chi connectivity index (χ3v) is 5.36. The SMILES string of the molecule is COCc1c(C(=O)N(C)Cc2ccc(Cl)cc2)sc2cccc(F)c12. The van der Waals surface area contributed by atoms with Crippen LogP contribution >= 0.6 is 22.9 Å². The van der Waals surface area contributed by atoms with Gasteiger partial charge in [0, 0.05) is 41.4 Å². The third kappa shape index (κ3) is 3.68. The van der Waals surface area contributed by atoms with Gasteiger partial charge in [-0.2, -0.15) is 0 Å². The highest BCUT2D eigenvalue weighted by Crippen LogP contribution is 2.34. The number of thiophene rings is 1. The number of carbonyl (C=O) groups excluding carboxylic acids is 1. The summed E-state index contributed by atoms with van der Waals surface area (Å²) in [6.45, 7) is 0.635. The van der Waals surface area contributed by atoms with Gasteiger partial charge in [-0.15, -0.1) is 11.3 Å². The minimum absolute atomic E-state index is 0.150. The molecule has 6 heteroatoms. The topological polar surface area (TPSA) is 29.5 Å². The first-order valence-corrected chi connectivity index (χ1v) is 8.89. The van der Waals surface area contributed by atoms with Crippen molar-refractivity contribution in [1.29, 1.82) is 0 Å². The summed E-state index contributed by atoms with van der Waals surface area (Å²) in [5, 5.41) is 1.12. The van der Waals surface area contributed by atoms with Crippen LogP contribution in [-0.2, 0) is 17.9 Å². The molecule has 1 heterocycles. The summed E-state index contributed by atoms with van der Waals surface area (Å²) < 4.78 is 20.2. The smallest absolute Gasteiger partial charge is 0.264 e.